The minimum atomic E-state index is -0.148. The Morgan fingerprint density at radius 1 is 1.42 bits per heavy atom. The van der Waals surface area contributed by atoms with Gasteiger partial charge in [-0.2, -0.15) is 0 Å². The van der Waals surface area contributed by atoms with E-state index in [0.717, 1.165) is 60.8 Å². The van der Waals surface area contributed by atoms with Crippen LogP contribution in [0.3, 0.4) is 0 Å². The van der Waals surface area contributed by atoms with Gasteiger partial charge in [-0.15, -0.1) is 16.4 Å². The Morgan fingerprint density at radius 2 is 2.31 bits per heavy atom. The fourth-order valence-electron chi connectivity index (χ4n) is 3.38. The number of thiophene rings is 1. The maximum Gasteiger partial charge on any atom is 0.206 e. The molecular weight excluding hydrogens is 350 g/mol. The average Bonchev–Trinajstić information content (AvgIpc) is 3.17. The predicted octanol–water partition coefficient (Wildman–Crippen LogP) is 1.68. The maximum absolute atomic E-state index is 5.96. The molecular formula is C18H26N5O2S+. The van der Waals surface area contributed by atoms with Crippen molar-refractivity contribution in [3.8, 4) is 0 Å². The second-order valence-electron chi connectivity index (χ2n) is 7.28. The summed E-state index contributed by atoms with van der Waals surface area (Å²) in [6.07, 6.45) is 3.70. The van der Waals surface area contributed by atoms with Crippen molar-refractivity contribution in [2.24, 2.45) is 0 Å². The van der Waals surface area contributed by atoms with E-state index in [0.29, 0.717) is 6.61 Å². The Hall–Kier alpha value is -1.61. The molecule has 1 aliphatic rings. The molecule has 0 saturated carbocycles. The first kappa shape index (κ1) is 17.8. The van der Waals surface area contributed by atoms with Gasteiger partial charge in [-0.25, -0.2) is 14.5 Å². The molecule has 0 bridgehead atoms. The molecule has 26 heavy (non-hydrogen) atoms. The van der Waals surface area contributed by atoms with Crippen molar-refractivity contribution in [1.82, 2.24) is 19.6 Å². The number of nitrogens with zero attached hydrogens (tertiary/aromatic N) is 4. The highest BCUT2D eigenvalue weighted by Gasteiger charge is 2.30. The monoisotopic (exact) mass is 376 g/mol. The molecule has 0 aromatic carbocycles. The van der Waals surface area contributed by atoms with Crippen LogP contribution in [0, 0.1) is 0 Å². The van der Waals surface area contributed by atoms with Crippen LogP contribution >= 0.6 is 11.3 Å². The van der Waals surface area contributed by atoms with Crippen LogP contribution in [0.5, 0.6) is 0 Å². The van der Waals surface area contributed by atoms with Crippen molar-refractivity contribution in [2.75, 3.05) is 19.8 Å². The summed E-state index contributed by atoms with van der Waals surface area (Å²) in [5.41, 5.74) is 2.10. The Kier molecular flexibility index (Phi) is 4.92. The van der Waals surface area contributed by atoms with E-state index in [1.54, 1.807) is 17.7 Å². The van der Waals surface area contributed by atoms with E-state index in [9.17, 15) is 0 Å². The molecule has 0 unspecified atom stereocenters. The van der Waals surface area contributed by atoms with Crippen LogP contribution in [0.15, 0.2) is 6.33 Å². The molecule has 8 heteroatoms. The van der Waals surface area contributed by atoms with Crippen molar-refractivity contribution in [1.29, 1.82) is 0 Å². The fourth-order valence-corrected chi connectivity index (χ4v) is 4.44. The first-order valence-electron chi connectivity index (χ1n) is 9.25. The molecule has 3 aromatic heterocycles. The molecule has 4 rings (SSSR count). The highest BCUT2D eigenvalue weighted by Crippen LogP contribution is 2.39. The van der Waals surface area contributed by atoms with Gasteiger partial charge in [0, 0.05) is 24.3 Å². The highest BCUT2D eigenvalue weighted by atomic mass is 32.1. The summed E-state index contributed by atoms with van der Waals surface area (Å²) in [5.74, 6) is 0.849. The normalized spacial score (nSPS) is 16.4. The summed E-state index contributed by atoms with van der Waals surface area (Å²) in [6.45, 7) is 10.3. The highest BCUT2D eigenvalue weighted by molar-refractivity contribution is 7.19. The standard InChI is InChI=1S/C18H25N5O2S/c1-4-24-7-5-6-19-9-14-21-16-15-12-8-18(2,3)25-10-13(12)26-17(15)20-11-23(16)22-14/h11,19H,4-10H2,1-3H3/p+1. The van der Waals surface area contributed by atoms with E-state index in [1.165, 1.54) is 10.4 Å². The SMILES string of the molecule is CCOCCC[NH2+]Cc1nc2c3c4c(sc3ncn2n1)COC(C)(C)C4. The van der Waals surface area contributed by atoms with Gasteiger partial charge in [0.1, 0.15) is 17.7 Å². The maximum atomic E-state index is 5.96. The summed E-state index contributed by atoms with van der Waals surface area (Å²) in [6, 6.07) is 0. The Balaban J connectivity index is 1.58. The molecule has 7 nitrogen and oxygen atoms in total. The molecule has 0 fully saturated rings. The van der Waals surface area contributed by atoms with Gasteiger partial charge in [0.25, 0.3) is 0 Å². The molecule has 0 radical (unpaired) electrons. The fraction of sp³-hybridized carbons (Fsp3) is 0.611. The Labute approximate surface area is 156 Å². The summed E-state index contributed by atoms with van der Waals surface area (Å²) in [4.78, 5) is 11.7. The lowest BCUT2D eigenvalue weighted by Crippen LogP contribution is -2.82. The molecule has 0 spiro atoms. The van der Waals surface area contributed by atoms with Gasteiger partial charge in [-0.1, -0.05) is 0 Å². The minimum absolute atomic E-state index is 0.148. The number of fused-ring (bicyclic) bond motifs is 5. The number of quaternary nitrogens is 1. The predicted molar refractivity (Wildman–Crippen MR) is 100 cm³/mol. The molecule has 3 aromatic rings. The van der Waals surface area contributed by atoms with Gasteiger partial charge in [0.05, 0.1) is 30.7 Å². The van der Waals surface area contributed by atoms with Crippen LogP contribution in [0.4, 0.5) is 0 Å². The number of rotatable bonds is 7. The van der Waals surface area contributed by atoms with Gasteiger partial charge in [-0.3, -0.25) is 0 Å². The molecule has 1 aliphatic heterocycles. The lowest BCUT2D eigenvalue weighted by Gasteiger charge is -2.30. The molecule has 0 saturated heterocycles. The van der Waals surface area contributed by atoms with Crippen LogP contribution < -0.4 is 5.32 Å². The van der Waals surface area contributed by atoms with E-state index in [2.05, 4.69) is 29.2 Å². The Morgan fingerprint density at radius 3 is 3.15 bits per heavy atom. The molecule has 0 aliphatic carbocycles. The first-order chi connectivity index (χ1) is 12.6. The second kappa shape index (κ2) is 7.19. The van der Waals surface area contributed by atoms with Crippen molar-refractivity contribution in [3.63, 3.8) is 0 Å². The minimum Gasteiger partial charge on any atom is -0.382 e. The average molecular weight is 377 g/mol. The number of hydrogen-bond acceptors (Lipinski definition) is 6. The number of ether oxygens (including phenoxy) is 2. The molecule has 4 heterocycles. The summed E-state index contributed by atoms with van der Waals surface area (Å²) >= 11 is 1.71. The van der Waals surface area contributed by atoms with Crippen LogP contribution in [0.1, 0.15) is 43.5 Å². The molecule has 140 valence electrons. The van der Waals surface area contributed by atoms with E-state index >= 15 is 0 Å². The summed E-state index contributed by atoms with van der Waals surface area (Å²) in [7, 11) is 0. The van der Waals surface area contributed by atoms with E-state index in [1.807, 2.05) is 11.4 Å². The van der Waals surface area contributed by atoms with Crippen LogP contribution in [0.2, 0.25) is 0 Å². The van der Waals surface area contributed by atoms with Gasteiger partial charge < -0.3 is 14.8 Å². The lowest BCUT2D eigenvalue weighted by molar-refractivity contribution is -0.672. The number of aromatic nitrogens is 4. The van der Waals surface area contributed by atoms with Crippen molar-refractivity contribution in [3.05, 3.63) is 22.6 Å². The third-order valence-corrected chi connectivity index (χ3v) is 5.79. The van der Waals surface area contributed by atoms with E-state index < -0.39 is 0 Å². The number of hydrogen-bond donors (Lipinski definition) is 1. The van der Waals surface area contributed by atoms with Gasteiger partial charge in [-0.05, 0) is 26.3 Å². The first-order valence-corrected chi connectivity index (χ1v) is 10.1. The van der Waals surface area contributed by atoms with Crippen molar-refractivity contribution in [2.45, 2.75) is 52.4 Å². The van der Waals surface area contributed by atoms with Gasteiger partial charge in [0.2, 0.25) is 5.82 Å². The zero-order valence-electron chi connectivity index (χ0n) is 15.6. The van der Waals surface area contributed by atoms with Crippen molar-refractivity contribution >= 4 is 27.2 Å². The summed E-state index contributed by atoms with van der Waals surface area (Å²) < 4.78 is 13.1. The van der Waals surface area contributed by atoms with Crippen LogP contribution in [-0.4, -0.2) is 44.9 Å². The Bertz CT molecular complexity index is 917. The lowest BCUT2D eigenvalue weighted by atomic mass is 9.94. The summed E-state index contributed by atoms with van der Waals surface area (Å²) in [5, 5.41) is 8.00. The topological polar surface area (TPSA) is 78.2 Å². The molecule has 0 atom stereocenters. The third kappa shape index (κ3) is 3.46. The quantitative estimate of drug-likeness (QED) is 0.635. The van der Waals surface area contributed by atoms with Crippen LogP contribution in [-0.2, 0) is 29.0 Å². The van der Waals surface area contributed by atoms with E-state index in [-0.39, 0.29) is 5.60 Å². The third-order valence-electron chi connectivity index (χ3n) is 4.68. The molecule has 0 amide bonds. The van der Waals surface area contributed by atoms with Gasteiger partial charge in [0.15, 0.2) is 5.65 Å². The van der Waals surface area contributed by atoms with Crippen LogP contribution in [0.25, 0.3) is 15.9 Å². The smallest absolute Gasteiger partial charge is 0.206 e. The van der Waals surface area contributed by atoms with E-state index in [4.69, 9.17) is 14.5 Å². The van der Waals surface area contributed by atoms with Crippen molar-refractivity contribution < 1.29 is 14.8 Å². The zero-order chi connectivity index (χ0) is 18.1. The number of nitrogens with two attached hydrogens (primary N) is 1. The largest absolute Gasteiger partial charge is 0.382 e. The second-order valence-corrected chi connectivity index (χ2v) is 8.37. The zero-order valence-corrected chi connectivity index (χ0v) is 16.4. The molecule has 2 N–H and O–H groups in total. The van der Waals surface area contributed by atoms with Gasteiger partial charge >= 0.3 is 0 Å².